The monoisotopic (exact) mass is 203 g/mol. The van der Waals surface area contributed by atoms with Crippen molar-refractivity contribution >= 4 is 0 Å². The van der Waals surface area contributed by atoms with E-state index in [9.17, 15) is 0 Å². The molecule has 1 nitrogen and oxygen atoms in total. The number of pyridine rings is 1. The Morgan fingerprint density at radius 3 is 2.60 bits per heavy atom. The van der Waals surface area contributed by atoms with E-state index in [2.05, 4.69) is 24.0 Å². The van der Waals surface area contributed by atoms with Crippen LogP contribution in [0.4, 0.5) is 0 Å². The highest BCUT2D eigenvalue weighted by atomic mass is 14.7. The van der Waals surface area contributed by atoms with Crippen molar-refractivity contribution in [1.82, 2.24) is 4.98 Å². The maximum Gasteiger partial charge on any atom is 0.0406 e. The molecule has 0 aliphatic heterocycles. The minimum Gasteiger partial charge on any atom is -0.261 e. The first-order chi connectivity index (χ1) is 7.38. The van der Waals surface area contributed by atoms with Crippen LogP contribution in [0.2, 0.25) is 0 Å². The predicted octanol–water partition coefficient (Wildman–Crippen LogP) is 3.77. The first kappa shape index (κ1) is 10.7. The molecular formula is C14H21N. The molecule has 1 heteroatoms. The third-order valence-electron chi connectivity index (χ3n) is 3.52. The number of hydrogen-bond donors (Lipinski definition) is 0. The van der Waals surface area contributed by atoms with Gasteiger partial charge >= 0.3 is 0 Å². The molecule has 1 aliphatic carbocycles. The average Bonchev–Trinajstić information content (AvgIpc) is 2.31. The molecule has 82 valence electrons. The smallest absolute Gasteiger partial charge is 0.0406 e. The maximum atomic E-state index is 4.54. The summed E-state index contributed by atoms with van der Waals surface area (Å²) in [5.41, 5.74) is 2.64. The normalized spacial score (nSPS) is 17.9. The van der Waals surface area contributed by atoms with Gasteiger partial charge in [0, 0.05) is 11.9 Å². The van der Waals surface area contributed by atoms with E-state index in [1.54, 1.807) is 0 Å². The topological polar surface area (TPSA) is 12.9 Å². The first-order valence-electron chi connectivity index (χ1n) is 6.32. The van der Waals surface area contributed by atoms with Gasteiger partial charge in [0.25, 0.3) is 0 Å². The molecule has 1 heterocycles. The second-order valence-corrected chi connectivity index (χ2v) is 4.72. The van der Waals surface area contributed by atoms with E-state index in [4.69, 9.17) is 0 Å². The minimum absolute atomic E-state index is 0.902. The Morgan fingerprint density at radius 2 is 2.00 bits per heavy atom. The van der Waals surface area contributed by atoms with E-state index in [1.807, 2.05) is 6.20 Å². The van der Waals surface area contributed by atoms with Gasteiger partial charge < -0.3 is 0 Å². The van der Waals surface area contributed by atoms with Crippen molar-refractivity contribution in [2.45, 2.75) is 51.9 Å². The molecule has 1 aliphatic rings. The molecule has 2 rings (SSSR count). The molecule has 0 amide bonds. The summed E-state index contributed by atoms with van der Waals surface area (Å²) in [5, 5.41) is 0. The largest absolute Gasteiger partial charge is 0.261 e. The standard InChI is InChI=1S/C14H21N/c1-2-12-8-9-14(15-11-12)10-13-6-4-3-5-7-13/h8-9,11,13H,2-7,10H2,1H3. The Balaban J connectivity index is 1.91. The highest BCUT2D eigenvalue weighted by Gasteiger charge is 2.14. The van der Waals surface area contributed by atoms with Gasteiger partial charge in [-0.1, -0.05) is 45.1 Å². The molecule has 15 heavy (non-hydrogen) atoms. The zero-order chi connectivity index (χ0) is 10.5. The molecule has 0 bridgehead atoms. The molecule has 0 spiro atoms. The molecule has 0 saturated heterocycles. The molecule has 1 saturated carbocycles. The van der Waals surface area contributed by atoms with Gasteiger partial charge in [0.05, 0.1) is 0 Å². The SMILES string of the molecule is CCc1ccc(CC2CCCCC2)nc1. The van der Waals surface area contributed by atoms with Crippen LogP contribution >= 0.6 is 0 Å². The zero-order valence-corrected chi connectivity index (χ0v) is 9.71. The zero-order valence-electron chi connectivity index (χ0n) is 9.71. The van der Waals surface area contributed by atoms with Gasteiger partial charge in [-0.3, -0.25) is 4.98 Å². The summed E-state index contributed by atoms with van der Waals surface area (Å²) in [6.45, 7) is 2.18. The second kappa shape index (κ2) is 5.29. The highest BCUT2D eigenvalue weighted by Crippen LogP contribution is 2.26. The summed E-state index contributed by atoms with van der Waals surface area (Å²) in [6, 6.07) is 4.44. The van der Waals surface area contributed by atoms with Gasteiger partial charge in [-0.15, -0.1) is 0 Å². The predicted molar refractivity (Wildman–Crippen MR) is 63.9 cm³/mol. The number of nitrogens with zero attached hydrogens (tertiary/aromatic N) is 1. The number of hydrogen-bond acceptors (Lipinski definition) is 1. The fraction of sp³-hybridized carbons (Fsp3) is 0.643. The molecule has 0 unspecified atom stereocenters. The molecule has 0 N–H and O–H groups in total. The van der Waals surface area contributed by atoms with Crippen molar-refractivity contribution < 1.29 is 0 Å². The lowest BCUT2D eigenvalue weighted by Crippen LogP contribution is -2.10. The highest BCUT2D eigenvalue weighted by molar-refractivity contribution is 5.14. The Kier molecular flexibility index (Phi) is 3.76. The molecular weight excluding hydrogens is 182 g/mol. The van der Waals surface area contributed by atoms with Crippen LogP contribution in [0.5, 0.6) is 0 Å². The summed E-state index contributed by atoms with van der Waals surface area (Å²) in [7, 11) is 0. The van der Waals surface area contributed by atoms with E-state index in [0.717, 1.165) is 12.3 Å². The molecule has 0 atom stereocenters. The number of rotatable bonds is 3. The van der Waals surface area contributed by atoms with Gasteiger partial charge in [0.2, 0.25) is 0 Å². The average molecular weight is 203 g/mol. The van der Waals surface area contributed by atoms with Crippen LogP contribution in [0.25, 0.3) is 0 Å². The van der Waals surface area contributed by atoms with Crippen LogP contribution in [0.15, 0.2) is 18.3 Å². The van der Waals surface area contributed by atoms with Crippen LogP contribution in [0.3, 0.4) is 0 Å². The molecule has 0 radical (unpaired) electrons. The Bertz CT molecular complexity index is 283. The van der Waals surface area contributed by atoms with Gasteiger partial charge in [-0.05, 0) is 30.4 Å². The number of aryl methyl sites for hydroxylation is 1. The number of aromatic nitrogens is 1. The Hall–Kier alpha value is -0.850. The van der Waals surface area contributed by atoms with Crippen LogP contribution in [-0.4, -0.2) is 4.98 Å². The summed E-state index contributed by atoms with van der Waals surface area (Å²) in [6.07, 6.45) is 11.5. The summed E-state index contributed by atoms with van der Waals surface area (Å²) < 4.78 is 0. The van der Waals surface area contributed by atoms with Crippen molar-refractivity contribution in [3.05, 3.63) is 29.6 Å². The van der Waals surface area contributed by atoms with E-state index in [-0.39, 0.29) is 0 Å². The van der Waals surface area contributed by atoms with Crippen LogP contribution in [0.1, 0.15) is 50.3 Å². The van der Waals surface area contributed by atoms with Crippen molar-refractivity contribution in [2.75, 3.05) is 0 Å². The lowest BCUT2D eigenvalue weighted by Gasteiger charge is -2.20. The van der Waals surface area contributed by atoms with Crippen LogP contribution < -0.4 is 0 Å². The fourth-order valence-corrected chi connectivity index (χ4v) is 2.47. The summed E-state index contributed by atoms with van der Waals surface area (Å²) >= 11 is 0. The molecule has 1 fully saturated rings. The van der Waals surface area contributed by atoms with Crippen molar-refractivity contribution in [3.63, 3.8) is 0 Å². The molecule has 1 aromatic heterocycles. The lowest BCUT2D eigenvalue weighted by molar-refractivity contribution is 0.354. The van der Waals surface area contributed by atoms with Crippen LogP contribution in [-0.2, 0) is 12.8 Å². The Labute approximate surface area is 92.9 Å². The van der Waals surface area contributed by atoms with E-state index in [0.29, 0.717) is 0 Å². The lowest BCUT2D eigenvalue weighted by atomic mass is 9.86. The van der Waals surface area contributed by atoms with Gasteiger partial charge in [-0.2, -0.15) is 0 Å². The van der Waals surface area contributed by atoms with E-state index < -0.39 is 0 Å². The second-order valence-electron chi connectivity index (χ2n) is 4.72. The third-order valence-corrected chi connectivity index (χ3v) is 3.52. The summed E-state index contributed by atoms with van der Waals surface area (Å²) in [4.78, 5) is 4.54. The quantitative estimate of drug-likeness (QED) is 0.728. The van der Waals surface area contributed by atoms with E-state index >= 15 is 0 Å². The minimum atomic E-state index is 0.902. The summed E-state index contributed by atoms with van der Waals surface area (Å²) in [5.74, 6) is 0.902. The first-order valence-corrected chi connectivity index (χ1v) is 6.32. The van der Waals surface area contributed by atoms with Gasteiger partial charge in [0.15, 0.2) is 0 Å². The van der Waals surface area contributed by atoms with Gasteiger partial charge in [-0.25, -0.2) is 0 Å². The molecule has 0 aromatic carbocycles. The van der Waals surface area contributed by atoms with Crippen molar-refractivity contribution in [2.24, 2.45) is 5.92 Å². The maximum absolute atomic E-state index is 4.54. The van der Waals surface area contributed by atoms with Gasteiger partial charge in [0.1, 0.15) is 0 Å². The fourth-order valence-electron chi connectivity index (χ4n) is 2.47. The third kappa shape index (κ3) is 3.05. The van der Waals surface area contributed by atoms with Crippen molar-refractivity contribution in [3.8, 4) is 0 Å². The van der Waals surface area contributed by atoms with Crippen LogP contribution in [0, 0.1) is 5.92 Å². The Morgan fingerprint density at radius 1 is 1.20 bits per heavy atom. The van der Waals surface area contributed by atoms with E-state index in [1.165, 1.54) is 49.8 Å². The van der Waals surface area contributed by atoms with Crippen molar-refractivity contribution in [1.29, 1.82) is 0 Å². The molecule has 1 aromatic rings.